The summed E-state index contributed by atoms with van der Waals surface area (Å²) in [4.78, 5) is 15.6. The molecule has 136 valence electrons. The summed E-state index contributed by atoms with van der Waals surface area (Å²) >= 11 is 0. The van der Waals surface area contributed by atoms with Crippen LogP contribution >= 0.6 is 0 Å². The number of aliphatic hydroxyl groups is 1. The van der Waals surface area contributed by atoms with Crippen LogP contribution in [0, 0.1) is 0 Å². The minimum absolute atomic E-state index is 0.162. The summed E-state index contributed by atoms with van der Waals surface area (Å²) in [5, 5.41) is 11.5. The number of piperidine rings is 1. The van der Waals surface area contributed by atoms with Gasteiger partial charge in [0.25, 0.3) is 0 Å². The number of hydrogen-bond acceptors (Lipinski definition) is 4. The van der Waals surface area contributed by atoms with Crippen LogP contribution in [0.3, 0.4) is 0 Å². The molecule has 4 heteroatoms. The molecule has 1 N–H and O–H groups in total. The zero-order chi connectivity index (χ0) is 18.1. The number of benzene rings is 2. The van der Waals surface area contributed by atoms with E-state index >= 15 is 0 Å². The Balaban J connectivity index is 1.65. The van der Waals surface area contributed by atoms with Crippen molar-refractivity contribution >= 4 is 5.97 Å². The average Bonchev–Trinajstić information content (AvgIpc) is 2.92. The van der Waals surface area contributed by atoms with Crippen LogP contribution in [0.1, 0.15) is 36.8 Å². The molecule has 2 fully saturated rings. The van der Waals surface area contributed by atoms with Crippen LogP contribution in [-0.4, -0.2) is 41.2 Å². The third-order valence-corrected chi connectivity index (χ3v) is 6.05. The molecule has 4 rings (SSSR count). The Morgan fingerprint density at radius 2 is 1.50 bits per heavy atom. The first-order valence-corrected chi connectivity index (χ1v) is 9.37. The van der Waals surface area contributed by atoms with Crippen LogP contribution in [-0.2, 0) is 15.1 Å². The number of ether oxygens (including phenoxy) is 1. The Labute approximate surface area is 154 Å². The second-order valence-corrected chi connectivity index (χ2v) is 7.43. The minimum Gasteiger partial charge on any atom is -0.458 e. The first-order valence-electron chi connectivity index (χ1n) is 9.37. The number of nitrogens with zero attached hydrogens (tertiary/aromatic N) is 1. The van der Waals surface area contributed by atoms with Gasteiger partial charge in [-0.05, 0) is 43.9 Å². The highest BCUT2D eigenvalue weighted by molar-refractivity contribution is 5.85. The highest BCUT2D eigenvalue weighted by atomic mass is 16.6. The number of carbonyl (C=O) groups excluding carboxylic acids is 1. The minimum atomic E-state index is -1.80. The van der Waals surface area contributed by atoms with Gasteiger partial charge in [0.2, 0.25) is 5.60 Å². The fraction of sp³-hybridized carbons (Fsp3) is 0.409. The van der Waals surface area contributed by atoms with E-state index in [9.17, 15) is 9.90 Å². The van der Waals surface area contributed by atoms with Crippen LogP contribution in [0.5, 0.6) is 0 Å². The monoisotopic (exact) mass is 351 g/mol. The fourth-order valence-electron chi connectivity index (χ4n) is 4.51. The SMILES string of the molecule is CN1C2CCC1[C@@H](OC(=O)C(O)(c1ccccc1)c1ccccc1)CC2. The van der Waals surface area contributed by atoms with Gasteiger partial charge in [-0.2, -0.15) is 0 Å². The maximum Gasteiger partial charge on any atom is 0.348 e. The summed E-state index contributed by atoms with van der Waals surface area (Å²) < 4.78 is 5.94. The molecule has 0 radical (unpaired) electrons. The predicted octanol–water partition coefficient (Wildman–Crippen LogP) is 3.09. The van der Waals surface area contributed by atoms with E-state index in [0.717, 1.165) is 25.7 Å². The number of fused-ring (bicyclic) bond motifs is 2. The van der Waals surface area contributed by atoms with E-state index in [2.05, 4.69) is 11.9 Å². The van der Waals surface area contributed by atoms with E-state index in [1.165, 1.54) is 0 Å². The van der Waals surface area contributed by atoms with Gasteiger partial charge in [-0.25, -0.2) is 4.79 Å². The summed E-state index contributed by atoms with van der Waals surface area (Å²) in [6.45, 7) is 0. The van der Waals surface area contributed by atoms with Crippen LogP contribution in [0.4, 0.5) is 0 Å². The van der Waals surface area contributed by atoms with E-state index in [1.54, 1.807) is 24.3 Å². The quantitative estimate of drug-likeness (QED) is 0.860. The molecule has 0 amide bonds. The number of carbonyl (C=O) groups is 1. The van der Waals surface area contributed by atoms with Crippen molar-refractivity contribution in [2.24, 2.45) is 0 Å². The molecule has 2 unspecified atom stereocenters. The molecule has 3 atom stereocenters. The molecule has 2 aliphatic heterocycles. The first-order chi connectivity index (χ1) is 12.6. The second-order valence-electron chi connectivity index (χ2n) is 7.43. The smallest absolute Gasteiger partial charge is 0.348 e. The Kier molecular flexibility index (Phi) is 4.55. The van der Waals surface area contributed by atoms with Crippen LogP contribution < -0.4 is 0 Å². The molecule has 2 aromatic carbocycles. The molecule has 0 saturated carbocycles. The maximum atomic E-state index is 13.2. The molecule has 2 aliphatic rings. The fourth-order valence-corrected chi connectivity index (χ4v) is 4.51. The Hall–Kier alpha value is -2.17. The van der Waals surface area contributed by atoms with E-state index in [0.29, 0.717) is 17.2 Å². The molecule has 2 aromatic rings. The highest BCUT2D eigenvalue weighted by Crippen LogP contribution is 2.38. The van der Waals surface area contributed by atoms with E-state index < -0.39 is 11.6 Å². The lowest BCUT2D eigenvalue weighted by atomic mass is 9.86. The van der Waals surface area contributed by atoms with Gasteiger partial charge in [-0.3, -0.25) is 4.90 Å². The first kappa shape index (κ1) is 17.3. The zero-order valence-corrected chi connectivity index (χ0v) is 15.0. The van der Waals surface area contributed by atoms with Crippen molar-refractivity contribution in [2.75, 3.05) is 7.05 Å². The van der Waals surface area contributed by atoms with E-state index in [4.69, 9.17) is 4.74 Å². The highest BCUT2D eigenvalue weighted by Gasteiger charge is 2.47. The predicted molar refractivity (Wildman–Crippen MR) is 99.6 cm³/mol. The molecule has 2 saturated heterocycles. The van der Waals surface area contributed by atoms with Gasteiger partial charge in [0.05, 0.1) is 0 Å². The summed E-state index contributed by atoms with van der Waals surface area (Å²) in [7, 11) is 2.11. The van der Waals surface area contributed by atoms with E-state index in [-0.39, 0.29) is 12.1 Å². The zero-order valence-electron chi connectivity index (χ0n) is 15.0. The lowest BCUT2D eigenvalue weighted by Crippen LogP contribution is -2.49. The number of esters is 1. The van der Waals surface area contributed by atoms with Gasteiger partial charge in [-0.15, -0.1) is 0 Å². The second kappa shape index (κ2) is 6.86. The third-order valence-electron chi connectivity index (χ3n) is 6.05. The Morgan fingerprint density at radius 3 is 2.08 bits per heavy atom. The summed E-state index contributed by atoms with van der Waals surface area (Å²) in [5.41, 5.74) is -0.731. The summed E-state index contributed by atoms with van der Waals surface area (Å²) in [5.74, 6) is -0.585. The largest absolute Gasteiger partial charge is 0.458 e. The Bertz CT molecular complexity index is 722. The number of rotatable bonds is 4. The molecule has 0 aliphatic carbocycles. The van der Waals surface area contributed by atoms with Crippen LogP contribution in [0.2, 0.25) is 0 Å². The van der Waals surface area contributed by atoms with Gasteiger partial charge >= 0.3 is 5.97 Å². The number of likely N-dealkylation sites (N-methyl/N-ethyl adjacent to an activating group) is 1. The molecule has 2 heterocycles. The van der Waals surface area contributed by atoms with Gasteiger partial charge in [0.1, 0.15) is 6.10 Å². The van der Waals surface area contributed by atoms with Crippen LogP contribution in [0.15, 0.2) is 60.7 Å². The molecule has 2 bridgehead atoms. The Morgan fingerprint density at radius 1 is 0.962 bits per heavy atom. The molecular weight excluding hydrogens is 326 g/mol. The van der Waals surface area contributed by atoms with Gasteiger partial charge < -0.3 is 9.84 Å². The van der Waals surface area contributed by atoms with Gasteiger partial charge in [-0.1, -0.05) is 60.7 Å². The van der Waals surface area contributed by atoms with Crippen molar-refractivity contribution in [2.45, 2.75) is 49.5 Å². The topological polar surface area (TPSA) is 49.8 Å². The molecular formula is C22H25NO3. The lowest BCUT2D eigenvalue weighted by molar-refractivity contribution is -0.173. The van der Waals surface area contributed by atoms with Crippen LogP contribution in [0.25, 0.3) is 0 Å². The third kappa shape index (κ3) is 2.83. The maximum absolute atomic E-state index is 13.2. The normalized spacial score (nSPS) is 25.8. The summed E-state index contributed by atoms with van der Waals surface area (Å²) in [6, 6.07) is 19.0. The van der Waals surface area contributed by atoms with Crippen molar-refractivity contribution in [3.63, 3.8) is 0 Å². The van der Waals surface area contributed by atoms with Gasteiger partial charge in [0.15, 0.2) is 0 Å². The van der Waals surface area contributed by atoms with Crippen molar-refractivity contribution < 1.29 is 14.6 Å². The van der Waals surface area contributed by atoms with Crippen molar-refractivity contribution in [3.05, 3.63) is 71.8 Å². The average molecular weight is 351 g/mol. The van der Waals surface area contributed by atoms with Crippen molar-refractivity contribution in [3.8, 4) is 0 Å². The van der Waals surface area contributed by atoms with E-state index in [1.807, 2.05) is 36.4 Å². The van der Waals surface area contributed by atoms with Crippen molar-refractivity contribution in [1.29, 1.82) is 0 Å². The van der Waals surface area contributed by atoms with Gasteiger partial charge in [0, 0.05) is 12.1 Å². The number of hydrogen-bond donors (Lipinski definition) is 1. The molecule has 4 nitrogen and oxygen atoms in total. The lowest BCUT2D eigenvalue weighted by Gasteiger charge is -2.38. The molecule has 26 heavy (non-hydrogen) atoms. The molecule has 0 spiro atoms. The standard InChI is InChI=1S/C22H25NO3/c1-23-18-12-14-19(23)20(15-13-18)26-21(24)22(25,16-8-4-2-5-9-16)17-10-6-3-7-11-17/h2-11,18-20,25H,12-15H2,1H3/t18?,19?,20-/m0/s1. The molecule has 0 aromatic heterocycles. The van der Waals surface area contributed by atoms with Crippen molar-refractivity contribution in [1.82, 2.24) is 4.90 Å². The summed E-state index contributed by atoms with van der Waals surface area (Å²) in [6.07, 6.45) is 3.96.